The van der Waals surface area contributed by atoms with Crippen molar-refractivity contribution in [3.63, 3.8) is 0 Å². The minimum absolute atomic E-state index is 0.0869. The van der Waals surface area contributed by atoms with Crippen molar-refractivity contribution in [3.8, 4) is 0 Å². The van der Waals surface area contributed by atoms with Gasteiger partial charge in [-0.25, -0.2) is 4.79 Å². The molecular formula is C20H26F3N3O5. The lowest BCUT2D eigenvalue weighted by atomic mass is 9.93. The number of benzene rings is 1. The number of alkyl halides is 3. The summed E-state index contributed by atoms with van der Waals surface area (Å²) in [7, 11) is 1.25. The standard InChI is InChI=1S/C20H26F3N3O5/c1-4-12(2)17(19(28)31-3)24-18(27)13-7-9-25(10-8-13)15-6-5-14(20(21,22)23)11-16(15)26(29)30/h5-6,11-13,17H,4,7-10H2,1-3H3,(H,24,27). The van der Waals surface area contributed by atoms with Gasteiger partial charge in [-0.1, -0.05) is 20.3 Å². The molecule has 0 radical (unpaired) electrons. The molecule has 1 aliphatic heterocycles. The predicted octanol–water partition coefficient (Wildman–Crippen LogP) is 3.53. The first kappa shape index (κ1) is 24.4. The van der Waals surface area contributed by atoms with Gasteiger partial charge in [-0.15, -0.1) is 0 Å². The molecule has 1 saturated heterocycles. The second-order valence-electron chi connectivity index (χ2n) is 7.61. The van der Waals surface area contributed by atoms with E-state index in [-0.39, 0.29) is 30.6 Å². The van der Waals surface area contributed by atoms with Crippen molar-refractivity contribution in [1.29, 1.82) is 0 Å². The van der Waals surface area contributed by atoms with Crippen molar-refractivity contribution in [1.82, 2.24) is 5.32 Å². The SMILES string of the molecule is CCC(C)C(NC(=O)C1CCN(c2ccc(C(F)(F)F)cc2[N+](=O)[O-])CC1)C(=O)OC. The molecule has 0 bridgehead atoms. The Bertz CT molecular complexity index is 823. The van der Waals surface area contributed by atoms with Crippen LogP contribution in [0, 0.1) is 22.0 Å². The van der Waals surface area contributed by atoms with Crippen molar-refractivity contribution < 1.29 is 32.4 Å². The van der Waals surface area contributed by atoms with Crippen LogP contribution >= 0.6 is 0 Å². The largest absolute Gasteiger partial charge is 0.467 e. The van der Waals surface area contributed by atoms with Crippen LogP contribution in [0.2, 0.25) is 0 Å². The molecule has 1 amide bonds. The van der Waals surface area contributed by atoms with Gasteiger partial charge in [0.1, 0.15) is 11.7 Å². The molecular weight excluding hydrogens is 419 g/mol. The van der Waals surface area contributed by atoms with Gasteiger partial charge in [0, 0.05) is 25.1 Å². The average molecular weight is 445 g/mol. The molecule has 2 rings (SSSR count). The molecule has 8 nitrogen and oxygen atoms in total. The molecule has 1 heterocycles. The molecule has 0 spiro atoms. The van der Waals surface area contributed by atoms with Crippen molar-refractivity contribution in [2.75, 3.05) is 25.1 Å². The topological polar surface area (TPSA) is 102 Å². The second-order valence-corrected chi connectivity index (χ2v) is 7.61. The fraction of sp³-hybridized carbons (Fsp3) is 0.600. The molecule has 0 saturated carbocycles. The van der Waals surface area contributed by atoms with E-state index in [1.165, 1.54) is 7.11 Å². The van der Waals surface area contributed by atoms with Crippen LogP contribution in [0.5, 0.6) is 0 Å². The van der Waals surface area contributed by atoms with Gasteiger partial charge in [0.2, 0.25) is 5.91 Å². The van der Waals surface area contributed by atoms with Crippen LogP contribution in [-0.2, 0) is 20.5 Å². The lowest BCUT2D eigenvalue weighted by Gasteiger charge is -2.33. The third-order valence-corrected chi connectivity index (χ3v) is 5.67. The number of anilines is 1. The summed E-state index contributed by atoms with van der Waals surface area (Å²) < 4.78 is 43.5. The number of hydrogen-bond donors (Lipinski definition) is 1. The first-order valence-electron chi connectivity index (χ1n) is 9.98. The van der Waals surface area contributed by atoms with Gasteiger partial charge in [-0.05, 0) is 30.9 Å². The number of halogens is 3. The summed E-state index contributed by atoms with van der Waals surface area (Å²) in [5.74, 6) is -1.37. The van der Waals surface area contributed by atoms with E-state index in [0.717, 1.165) is 12.1 Å². The molecule has 1 aromatic carbocycles. The third-order valence-electron chi connectivity index (χ3n) is 5.67. The van der Waals surface area contributed by atoms with E-state index in [1.54, 1.807) is 4.90 Å². The fourth-order valence-corrected chi connectivity index (χ4v) is 3.56. The minimum atomic E-state index is -4.68. The summed E-state index contributed by atoms with van der Waals surface area (Å²) in [6, 6.07) is 1.67. The third kappa shape index (κ3) is 5.86. The minimum Gasteiger partial charge on any atom is -0.467 e. The van der Waals surface area contributed by atoms with E-state index in [2.05, 4.69) is 5.32 Å². The maximum atomic E-state index is 12.9. The van der Waals surface area contributed by atoms with Crippen molar-refractivity contribution in [2.45, 2.75) is 45.3 Å². The maximum Gasteiger partial charge on any atom is 0.416 e. The quantitative estimate of drug-likeness (QED) is 0.391. The number of ether oxygens (including phenoxy) is 1. The lowest BCUT2D eigenvalue weighted by molar-refractivity contribution is -0.384. The van der Waals surface area contributed by atoms with Crippen molar-refractivity contribution in [2.24, 2.45) is 11.8 Å². The summed E-state index contributed by atoms with van der Waals surface area (Å²) in [6.07, 6.45) is -3.33. The normalized spacial score (nSPS) is 17.0. The number of nitro groups is 1. The van der Waals surface area contributed by atoms with Crippen LogP contribution in [-0.4, -0.2) is 43.0 Å². The monoisotopic (exact) mass is 445 g/mol. The lowest BCUT2D eigenvalue weighted by Crippen LogP contribution is -2.49. The van der Waals surface area contributed by atoms with Gasteiger partial charge in [-0.2, -0.15) is 13.2 Å². The summed E-state index contributed by atoms with van der Waals surface area (Å²) in [4.78, 5) is 36.7. The number of rotatable bonds is 7. The fourth-order valence-electron chi connectivity index (χ4n) is 3.56. The van der Waals surface area contributed by atoms with E-state index < -0.39 is 40.3 Å². The van der Waals surface area contributed by atoms with Gasteiger partial charge >= 0.3 is 12.1 Å². The van der Waals surface area contributed by atoms with Crippen LogP contribution in [0.25, 0.3) is 0 Å². The molecule has 1 aliphatic rings. The highest BCUT2D eigenvalue weighted by Crippen LogP contribution is 2.37. The Kier molecular flexibility index (Phi) is 7.85. The smallest absolute Gasteiger partial charge is 0.416 e. The Balaban J connectivity index is 2.09. The number of hydrogen-bond acceptors (Lipinski definition) is 6. The van der Waals surface area contributed by atoms with Gasteiger partial charge in [0.15, 0.2) is 0 Å². The number of esters is 1. The van der Waals surface area contributed by atoms with Crippen LogP contribution in [0.15, 0.2) is 18.2 Å². The zero-order valence-electron chi connectivity index (χ0n) is 17.6. The molecule has 1 fully saturated rings. The summed E-state index contributed by atoms with van der Waals surface area (Å²) >= 11 is 0. The van der Waals surface area contributed by atoms with Gasteiger partial charge in [-0.3, -0.25) is 14.9 Å². The number of amides is 1. The number of piperidine rings is 1. The molecule has 1 N–H and O–H groups in total. The van der Waals surface area contributed by atoms with Gasteiger partial charge < -0.3 is 15.0 Å². The van der Waals surface area contributed by atoms with E-state index in [0.29, 0.717) is 25.3 Å². The highest BCUT2D eigenvalue weighted by atomic mass is 19.4. The van der Waals surface area contributed by atoms with Crippen LogP contribution in [0.3, 0.4) is 0 Å². The Labute approximate surface area is 177 Å². The van der Waals surface area contributed by atoms with Gasteiger partial charge in [0.25, 0.3) is 5.69 Å². The van der Waals surface area contributed by atoms with Crippen LogP contribution in [0.4, 0.5) is 24.5 Å². The predicted molar refractivity (Wildman–Crippen MR) is 106 cm³/mol. The summed E-state index contributed by atoms with van der Waals surface area (Å²) in [5.41, 5.74) is -1.62. The molecule has 1 aromatic rings. The Morgan fingerprint density at radius 3 is 2.42 bits per heavy atom. The zero-order valence-corrected chi connectivity index (χ0v) is 17.6. The number of methoxy groups -OCH3 is 1. The highest BCUT2D eigenvalue weighted by Gasteiger charge is 2.35. The van der Waals surface area contributed by atoms with Crippen LogP contribution in [0.1, 0.15) is 38.7 Å². The Hall–Kier alpha value is -2.85. The molecule has 2 unspecified atom stereocenters. The number of nitrogens with zero attached hydrogens (tertiary/aromatic N) is 2. The zero-order chi connectivity index (χ0) is 23.3. The van der Waals surface area contributed by atoms with Gasteiger partial charge in [0.05, 0.1) is 17.6 Å². The Morgan fingerprint density at radius 2 is 1.94 bits per heavy atom. The number of nitro benzene ring substituents is 1. The van der Waals surface area contributed by atoms with E-state index in [9.17, 15) is 32.9 Å². The van der Waals surface area contributed by atoms with Crippen LogP contribution < -0.4 is 10.2 Å². The van der Waals surface area contributed by atoms with E-state index >= 15 is 0 Å². The number of nitrogens with one attached hydrogen (secondary N) is 1. The highest BCUT2D eigenvalue weighted by molar-refractivity contribution is 5.86. The Morgan fingerprint density at radius 1 is 1.32 bits per heavy atom. The first-order chi connectivity index (χ1) is 14.5. The van der Waals surface area contributed by atoms with E-state index in [1.807, 2.05) is 13.8 Å². The first-order valence-corrected chi connectivity index (χ1v) is 9.98. The van der Waals surface area contributed by atoms with Crippen molar-refractivity contribution in [3.05, 3.63) is 33.9 Å². The second kappa shape index (κ2) is 9.97. The number of carbonyl (C=O) groups is 2. The average Bonchev–Trinajstić information content (AvgIpc) is 2.75. The maximum absolute atomic E-state index is 12.9. The molecule has 172 valence electrons. The molecule has 0 aliphatic carbocycles. The molecule has 2 atom stereocenters. The molecule has 31 heavy (non-hydrogen) atoms. The van der Waals surface area contributed by atoms with Crippen molar-refractivity contribution >= 4 is 23.3 Å². The number of carbonyl (C=O) groups excluding carboxylic acids is 2. The summed E-state index contributed by atoms with van der Waals surface area (Å²) in [5, 5.41) is 14.1. The summed E-state index contributed by atoms with van der Waals surface area (Å²) in [6.45, 7) is 4.24. The molecule has 0 aromatic heterocycles. The molecule has 11 heteroatoms. The van der Waals surface area contributed by atoms with E-state index in [4.69, 9.17) is 4.74 Å².